The minimum absolute atomic E-state index is 0.0874. The molecule has 0 aliphatic rings. The van der Waals surface area contributed by atoms with E-state index in [4.69, 9.17) is 4.52 Å². The van der Waals surface area contributed by atoms with Crippen LogP contribution in [0.15, 0.2) is 53.3 Å². The fraction of sp³-hybridized carbons (Fsp3) is 0.125. The van der Waals surface area contributed by atoms with Gasteiger partial charge in [0.15, 0.2) is 0 Å². The average Bonchev–Trinajstić information content (AvgIpc) is 3.03. The Hall–Kier alpha value is -2.29. The second-order valence-electron chi connectivity index (χ2n) is 4.81. The molecule has 2 aromatic heterocycles. The summed E-state index contributed by atoms with van der Waals surface area (Å²) in [5, 5.41) is 6.76. The number of hydrogen-bond acceptors (Lipinski definition) is 5. The molecule has 23 heavy (non-hydrogen) atoms. The van der Waals surface area contributed by atoms with Crippen molar-refractivity contribution in [3.8, 4) is 11.4 Å². The highest BCUT2D eigenvalue weighted by Gasteiger charge is 2.10. The summed E-state index contributed by atoms with van der Waals surface area (Å²) in [6.07, 6.45) is 4.01. The van der Waals surface area contributed by atoms with Gasteiger partial charge in [-0.05, 0) is 52.9 Å². The van der Waals surface area contributed by atoms with Gasteiger partial charge in [-0.1, -0.05) is 11.2 Å². The lowest BCUT2D eigenvalue weighted by atomic mass is 10.2. The fourth-order valence-electron chi connectivity index (χ4n) is 1.98. The van der Waals surface area contributed by atoms with Crippen LogP contribution < -0.4 is 5.32 Å². The van der Waals surface area contributed by atoms with Gasteiger partial charge in [0.2, 0.25) is 17.6 Å². The van der Waals surface area contributed by atoms with Crippen molar-refractivity contribution < 1.29 is 9.32 Å². The number of halogens is 1. The van der Waals surface area contributed by atoms with Crippen molar-refractivity contribution in [1.82, 2.24) is 15.1 Å². The van der Waals surface area contributed by atoms with E-state index >= 15 is 0 Å². The number of nitrogens with one attached hydrogen (secondary N) is 1. The van der Waals surface area contributed by atoms with Crippen molar-refractivity contribution in [3.05, 3.63) is 58.3 Å². The molecule has 0 unspecified atom stereocenters. The number of amides is 1. The highest BCUT2D eigenvalue weighted by Crippen LogP contribution is 2.15. The molecule has 3 aromatic rings. The van der Waals surface area contributed by atoms with E-state index in [1.807, 2.05) is 24.3 Å². The Morgan fingerprint density at radius 2 is 2.04 bits per heavy atom. The van der Waals surface area contributed by atoms with E-state index in [1.54, 1.807) is 24.5 Å². The smallest absolute Gasteiger partial charge is 0.227 e. The Bertz CT molecular complexity index is 805. The van der Waals surface area contributed by atoms with Crippen molar-refractivity contribution in [2.24, 2.45) is 0 Å². The summed E-state index contributed by atoms with van der Waals surface area (Å²) in [6, 6.07) is 11.2. The van der Waals surface area contributed by atoms with Crippen LogP contribution in [0.3, 0.4) is 0 Å². The summed E-state index contributed by atoms with van der Waals surface area (Å²) >= 11 is 2.20. The quantitative estimate of drug-likeness (QED) is 0.641. The van der Waals surface area contributed by atoms with Gasteiger partial charge in [0, 0.05) is 40.1 Å². The second-order valence-corrected chi connectivity index (χ2v) is 6.05. The van der Waals surface area contributed by atoms with Crippen LogP contribution in [0, 0.1) is 3.57 Å². The Morgan fingerprint density at radius 1 is 1.22 bits per heavy atom. The SMILES string of the molecule is O=C(CCc1nc(-c2ccncc2)no1)Nc1cccc(I)c1. The van der Waals surface area contributed by atoms with E-state index in [1.165, 1.54) is 0 Å². The van der Waals surface area contributed by atoms with Crippen LogP contribution in [-0.2, 0) is 11.2 Å². The molecule has 0 saturated heterocycles. The molecule has 1 amide bonds. The molecule has 1 N–H and O–H groups in total. The largest absolute Gasteiger partial charge is 0.339 e. The first kappa shape index (κ1) is 15.6. The van der Waals surface area contributed by atoms with Crippen molar-refractivity contribution in [2.45, 2.75) is 12.8 Å². The molecule has 116 valence electrons. The van der Waals surface area contributed by atoms with E-state index in [9.17, 15) is 4.79 Å². The number of hydrogen-bond donors (Lipinski definition) is 1. The number of benzene rings is 1. The zero-order valence-electron chi connectivity index (χ0n) is 12.1. The third-order valence-electron chi connectivity index (χ3n) is 3.08. The van der Waals surface area contributed by atoms with E-state index in [2.05, 4.69) is 43.0 Å². The summed E-state index contributed by atoms with van der Waals surface area (Å²) in [5.74, 6) is 0.852. The molecule has 0 aliphatic heterocycles. The van der Waals surface area contributed by atoms with E-state index in [-0.39, 0.29) is 12.3 Å². The van der Waals surface area contributed by atoms with Gasteiger partial charge in [-0.25, -0.2) is 0 Å². The van der Waals surface area contributed by atoms with Crippen molar-refractivity contribution in [1.29, 1.82) is 0 Å². The highest BCUT2D eigenvalue weighted by atomic mass is 127. The Balaban J connectivity index is 1.56. The van der Waals surface area contributed by atoms with Crippen LogP contribution in [0.5, 0.6) is 0 Å². The summed E-state index contributed by atoms with van der Waals surface area (Å²) in [6.45, 7) is 0. The lowest BCUT2D eigenvalue weighted by Crippen LogP contribution is -2.12. The molecule has 6 nitrogen and oxygen atoms in total. The van der Waals surface area contributed by atoms with Crippen molar-refractivity contribution in [3.63, 3.8) is 0 Å². The number of anilines is 1. The monoisotopic (exact) mass is 420 g/mol. The van der Waals surface area contributed by atoms with Gasteiger partial charge < -0.3 is 9.84 Å². The molecule has 0 atom stereocenters. The maximum atomic E-state index is 12.0. The maximum absolute atomic E-state index is 12.0. The van der Waals surface area contributed by atoms with Crippen molar-refractivity contribution in [2.75, 3.05) is 5.32 Å². The lowest BCUT2D eigenvalue weighted by molar-refractivity contribution is -0.116. The molecule has 0 saturated carbocycles. The van der Waals surface area contributed by atoms with Gasteiger partial charge in [0.05, 0.1) is 0 Å². The lowest BCUT2D eigenvalue weighted by Gasteiger charge is -2.04. The molecule has 7 heteroatoms. The summed E-state index contributed by atoms with van der Waals surface area (Å²) in [4.78, 5) is 20.2. The van der Waals surface area contributed by atoms with Crippen LogP contribution in [0.4, 0.5) is 5.69 Å². The molecule has 0 aliphatic carbocycles. The average molecular weight is 420 g/mol. The maximum Gasteiger partial charge on any atom is 0.227 e. The molecule has 0 bridgehead atoms. The molecular weight excluding hydrogens is 407 g/mol. The number of pyridine rings is 1. The third kappa shape index (κ3) is 4.35. The van der Waals surface area contributed by atoms with Crippen LogP contribution in [0.1, 0.15) is 12.3 Å². The van der Waals surface area contributed by atoms with Crippen LogP contribution in [0.2, 0.25) is 0 Å². The standard InChI is InChI=1S/C16H13IN4O2/c17-12-2-1-3-13(10-12)19-14(22)4-5-15-20-16(21-23-15)11-6-8-18-9-7-11/h1-3,6-10H,4-5H2,(H,19,22). The van der Waals surface area contributed by atoms with Gasteiger partial charge in [-0.3, -0.25) is 9.78 Å². The van der Waals surface area contributed by atoms with E-state index < -0.39 is 0 Å². The first-order valence-electron chi connectivity index (χ1n) is 6.99. The predicted molar refractivity (Wildman–Crippen MR) is 93.6 cm³/mol. The second kappa shape index (κ2) is 7.32. The number of rotatable bonds is 5. The van der Waals surface area contributed by atoms with Crippen LogP contribution >= 0.6 is 22.6 Å². The third-order valence-corrected chi connectivity index (χ3v) is 3.75. The number of aryl methyl sites for hydroxylation is 1. The predicted octanol–water partition coefficient (Wildman–Crippen LogP) is 3.31. The fourth-order valence-corrected chi connectivity index (χ4v) is 2.53. The van der Waals surface area contributed by atoms with Crippen molar-refractivity contribution >= 4 is 34.2 Å². The summed E-state index contributed by atoms with van der Waals surface area (Å²) < 4.78 is 6.24. The summed E-state index contributed by atoms with van der Waals surface area (Å²) in [5.41, 5.74) is 1.61. The first-order valence-corrected chi connectivity index (χ1v) is 8.07. The Kier molecular flexibility index (Phi) is 4.96. The number of nitrogens with zero attached hydrogens (tertiary/aromatic N) is 3. The molecular formula is C16H13IN4O2. The van der Waals surface area contributed by atoms with E-state index in [0.717, 1.165) is 14.8 Å². The normalized spacial score (nSPS) is 10.5. The van der Waals surface area contributed by atoms with Crippen LogP contribution in [-0.4, -0.2) is 21.0 Å². The Labute approximate surface area is 146 Å². The first-order chi connectivity index (χ1) is 11.2. The van der Waals surface area contributed by atoms with Gasteiger partial charge in [0.1, 0.15) is 0 Å². The Morgan fingerprint density at radius 3 is 2.83 bits per heavy atom. The van der Waals surface area contributed by atoms with Crippen LogP contribution in [0.25, 0.3) is 11.4 Å². The number of carbonyl (C=O) groups is 1. The minimum Gasteiger partial charge on any atom is -0.339 e. The molecule has 1 aromatic carbocycles. The molecule has 0 radical (unpaired) electrons. The molecule has 0 fully saturated rings. The van der Waals surface area contributed by atoms with Gasteiger partial charge in [-0.2, -0.15) is 4.98 Å². The van der Waals surface area contributed by atoms with Gasteiger partial charge >= 0.3 is 0 Å². The number of aromatic nitrogens is 3. The van der Waals surface area contributed by atoms with Gasteiger partial charge in [-0.15, -0.1) is 0 Å². The zero-order chi connectivity index (χ0) is 16.1. The molecule has 2 heterocycles. The highest BCUT2D eigenvalue weighted by molar-refractivity contribution is 14.1. The minimum atomic E-state index is -0.0874. The topological polar surface area (TPSA) is 80.9 Å². The molecule has 3 rings (SSSR count). The van der Waals surface area contributed by atoms with E-state index in [0.29, 0.717) is 18.1 Å². The van der Waals surface area contributed by atoms with Gasteiger partial charge in [0.25, 0.3) is 0 Å². The number of carbonyl (C=O) groups excluding carboxylic acids is 1. The molecule has 0 spiro atoms. The zero-order valence-corrected chi connectivity index (χ0v) is 14.2. The summed E-state index contributed by atoms with van der Waals surface area (Å²) in [7, 11) is 0.